The van der Waals surface area contributed by atoms with E-state index in [9.17, 15) is 4.79 Å². The van der Waals surface area contributed by atoms with Crippen LogP contribution >= 0.6 is 12.0 Å². The van der Waals surface area contributed by atoms with Crippen LogP contribution in [-0.2, 0) is 15.5 Å². The molecule has 0 bridgehead atoms. The lowest BCUT2D eigenvalue weighted by molar-refractivity contribution is -0.116. The van der Waals surface area contributed by atoms with Gasteiger partial charge in [0.1, 0.15) is 17.8 Å². The highest BCUT2D eigenvalue weighted by atomic mass is 32.2. The third-order valence-corrected chi connectivity index (χ3v) is 6.55. The molecule has 1 heterocycles. The number of nitrogens with zero attached hydrogens (tertiary/aromatic N) is 1. The molecule has 0 spiro atoms. The molecule has 1 aliphatic heterocycles. The number of unbranched alkanes of at least 4 members (excludes halogenated alkanes) is 1. The van der Waals surface area contributed by atoms with Gasteiger partial charge >= 0.3 is 0 Å². The molecule has 0 radical (unpaired) electrons. The Kier molecular flexibility index (Phi) is 7.88. The molecule has 2 aromatic rings. The molecule has 6 heteroatoms. The van der Waals surface area contributed by atoms with E-state index in [0.717, 1.165) is 47.1 Å². The largest absolute Gasteiger partial charge is 0.494 e. The first kappa shape index (κ1) is 21.8. The molecule has 0 atom stereocenters. The Morgan fingerprint density at radius 1 is 1.06 bits per heavy atom. The van der Waals surface area contributed by atoms with E-state index in [-0.39, 0.29) is 5.91 Å². The van der Waals surface area contributed by atoms with Gasteiger partial charge in [0.05, 0.1) is 11.5 Å². The van der Waals surface area contributed by atoms with E-state index in [4.69, 9.17) is 9.02 Å². The van der Waals surface area contributed by atoms with Crippen LogP contribution in [0.2, 0.25) is 0 Å². The number of carbonyl (C=O) groups is 1. The van der Waals surface area contributed by atoms with Crippen molar-refractivity contribution in [3.63, 3.8) is 0 Å². The van der Waals surface area contributed by atoms with Gasteiger partial charge in [0.25, 0.3) is 0 Å². The van der Waals surface area contributed by atoms with Crippen molar-refractivity contribution < 1.29 is 13.8 Å². The summed E-state index contributed by atoms with van der Waals surface area (Å²) < 4.78 is 11.2. The highest BCUT2D eigenvalue weighted by Gasteiger charge is 2.16. The number of rotatable bonds is 9. The highest BCUT2D eigenvalue weighted by molar-refractivity contribution is 7.94. The van der Waals surface area contributed by atoms with Crippen molar-refractivity contribution in [1.29, 1.82) is 0 Å². The molecule has 1 fully saturated rings. The molecule has 0 aromatic heterocycles. The van der Waals surface area contributed by atoms with Gasteiger partial charge in [-0.1, -0.05) is 36.6 Å². The number of oxime groups is 1. The Bertz CT molecular complexity index is 892. The van der Waals surface area contributed by atoms with Crippen molar-refractivity contribution in [1.82, 2.24) is 0 Å². The van der Waals surface area contributed by atoms with Gasteiger partial charge in [-0.2, -0.15) is 0 Å². The minimum atomic E-state index is 0.0808. The number of hydrogen-bond acceptors (Lipinski definition) is 5. The van der Waals surface area contributed by atoms with Crippen LogP contribution in [0.1, 0.15) is 68.4 Å². The normalized spacial score (nSPS) is 16.7. The van der Waals surface area contributed by atoms with E-state index in [0.29, 0.717) is 13.0 Å². The van der Waals surface area contributed by atoms with Gasteiger partial charge in [0.15, 0.2) is 0 Å². The first-order valence-corrected chi connectivity index (χ1v) is 12.0. The van der Waals surface area contributed by atoms with Crippen LogP contribution in [0.5, 0.6) is 5.75 Å². The summed E-state index contributed by atoms with van der Waals surface area (Å²) in [6.07, 6.45) is 11.5. The summed E-state index contributed by atoms with van der Waals surface area (Å²) in [7, 11) is 0. The van der Waals surface area contributed by atoms with Crippen LogP contribution in [0, 0.1) is 0 Å². The van der Waals surface area contributed by atoms with Gasteiger partial charge in [0.2, 0.25) is 5.91 Å². The Labute approximate surface area is 188 Å². The quantitative estimate of drug-likeness (QED) is 0.210. The van der Waals surface area contributed by atoms with Gasteiger partial charge in [-0.05, 0) is 79.5 Å². The number of hydrogen-bond donors (Lipinski definition) is 1. The minimum absolute atomic E-state index is 0.0808. The second-order valence-corrected chi connectivity index (χ2v) is 8.99. The molecular formula is C25H30N2O3S. The second kappa shape index (κ2) is 11.2. The third-order valence-electron chi connectivity index (χ3n) is 5.93. The van der Waals surface area contributed by atoms with Crippen LogP contribution in [0.25, 0.3) is 0 Å². The van der Waals surface area contributed by atoms with Gasteiger partial charge < -0.3 is 14.3 Å². The maximum absolute atomic E-state index is 11.4. The number of benzene rings is 2. The summed E-state index contributed by atoms with van der Waals surface area (Å²) in [5.41, 5.74) is 3.49. The topological polar surface area (TPSA) is 59.9 Å². The van der Waals surface area contributed by atoms with Crippen molar-refractivity contribution in [2.75, 3.05) is 11.9 Å². The van der Waals surface area contributed by atoms with Crippen molar-refractivity contribution >= 4 is 29.9 Å². The number of anilines is 1. The summed E-state index contributed by atoms with van der Waals surface area (Å²) in [5, 5.41) is 6.92. The molecule has 1 saturated carbocycles. The molecule has 2 aromatic carbocycles. The second-order valence-electron chi connectivity index (χ2n) is 8.21. The molecule has 4 rings (SSSR count). The Balaban J connectivity index is 1.10. The third kappa shape index (κ3) is 6.50. The molecule has 164 valence electrons. The lowest BCUT2D eigenvalue weighted by atomic mass is 9.84. The van der Waals surface area contributed by atoms with Gasteiger partial charge in [0, 0.05) is 18.3 Å². The fraction of sp³-hybridized carbons (Fsp3) is 0.440. The molecule has 31 heavy (non-hydrogen) atoms. The van der Waals surface area contributed by atoms with E-state index in [2.05, 4.69) is 34.7 Å². The summed E-state index contributed by atoms with van der Waals surface area (Å²) >= 11 is 1.29. The SMILES string of the molecule is O=C1CCc2cc(OCCCC=NOSc3ccc(C4CCCCC4)cc3)ccc2N1. The average molecular weight is 439 g/mol. The van der Waals surface area contributed by atoms with Crippen molar-refractivity contribution in [2.24, 2.45) is 5.16 Å². The summed E-state index contributed by atoms with van der Waals surface area (Å²) in [6, 6.07) is 14.6. The van der Waals surface area contributed by atoms with E-state index in [1.54, 1.807) is 6.21 Å². The standard InChI is InChI=1S/C25H30N2O3S/c28-25-15-10-21-18-22(11-14-24(21)27-25)29-17-5-4-16-26-30-31-23-12-8-20(9-13-23)19-6-2-1-3-7-19/h8-9,11-14,16,18-19H,1-7,10,15,17H2,(H,27,28). The zero-order valence-electron chi connectivity index (χ0n) is 17.8. The number of fused-ring (bicyclic) bond motifs is 1. The maximum atomic E-state index is 11.4. The molecule has 1 aliphatic carbocycles. The molecule has 1 amide bonds. The zero-order chi connectivity index (χ0) is 21.3. The monoisotopic (exact) mass is 438 g/mol. The fourth-order valence-electron chi connectivity index (χ4n) is 4.19. The lowest BCUT2D eigenvalue weighted by Crippen LogP contribution is -2.18. The van der Waals surface area contributed by atoms with E-state index in [1.807, 2.05) is 18.2 Å². The number of nitrogens with one attached hydrogen (secondary N) is 1. The fourth-order valence-corrected chi connectivity index (χ4v) is 4.63. The van der Waals surface area contributed by atoms with Crippen LogP contribution in [0.15, 0.2) is 52.5 Å². The van der Waals surface area contributed by atoms with E-state index < -0.39 is 0 Å². The number of ether oxygens (including phenoxy) is 1. The molecule has 2 aliphatic rings. The Morgan fingerprint density at radius 2 is 1.90 bits per heavy atom. The van der Waals surface area contributed by atoms with Gasteiger partial charge in [-0.15, -0.1) is 0 Å². The summed E-state index contributed by atoms with van der Waals surface area (Å²) in [4.78, 5) is 12.5. The average Bonchev–Trinajstić information content (AvgIpc) is 2.82. The molecular weight excluding hydrogens is 408 g/mol. The molecule has 5 nitrogen and oxygen atoms in total. The number of carbonyl (C=O) groups excluding carboxylic acids is 1. The van der Waals surface area contributed by atoms with Crippen LogP contribution in [-0.4, -0.2) is 18.7 Å². The molecule has 0 saturated heterocycles. The van der Waals surface area contributed by atoms with E-state index >= 15 is 0 Å². The van der Waals surface area contributed by atoms with Crippen LogP contribution in [0.4, 0.5) is 5.69 Å². The molecule has 0 unspecified atom stereocenters. The smallest absolute Gasteiger partial charge is 0.224 e. The zero-order valence-corrected chi connectivity index (χ0v) is 18.7. The summed E-state index contributed by atoms with van der Waals surface area (Å²) in [5.74, 6) is 1.66. The minimum Gasteiger partial charge on any atom is -0.494 e. The number of aryl methyl sites for hydroxylation is 1. The molecule has 1 N–H and O–H groups in total. The van der Waals surface area contributed by atoms with Crippen molar-refractivity contribution in [3.8, 4) is 5.75 Å². The predicted octanol–water partition coefficient (Wildman–Crippen LogP) is 6.49. The number of amides is 1. The first-order chi connectivity index (χ1) is 15.3. The van der Waals surface area contributed by atoms with Crippen LogP contribution < -0.4 is 10.1 Å². The van der Waals surface area contributed by atoms with Crippen molar-refractivity contribution in [3.05, 3.63) is 53.6 Å². The first-order valence-electron chi connectivity index (χ1n) is 11.3. The predicted molar refractivity (Wildman–Crippen MR) is 126 cm³/mol. The van der Waals surface area contributed by atoms with Crippen LogP contribution in [0.3, 0.4) is 0 Å². The Morgan fingerprint density at radius 3 is 2.74 bits per heavy atom. The summed E-state index contributed by atoms with van der Waals surface area (Å²) in [6.45, 7) is 0.618. The maximum Gasteiger partial charge on any atom is 0.224 e. The Hall–Kier alpha value is -2.47. The highest BCUT2D eigenvalue weighted by Crippen LogP contribution is 2.33. The van der Waals surface area contributed by atoms with Crippen molar-refractivity contribution in [2.45, 2.75) is 68.6 Å². The van der Waals surface area contributed by atoms with Gasteiger partial charge in [-0.3, -0.25) is 4.79 Å². The van der Waals surface area contributed by atoms with E-state index in [1.165, 1.54) is 49.7 Å². The van der Waals surface area contributed by atoms with Gasteiger partial charge in [-0.25, -0.2) is 0 Å². The lowest BCUT2D eigenvalue weighted by Gasteiger charge is -2.21.